The Balaban J connectivity index is 1.43. The summed E-state index contributed by atoms with van der Waals surface area (Å²) in [5.41, 5.74) is 2.18. The third kappa shape index (κ3) is 5.46. The summed E-state index contributed by atoms with van der Waals surface area (Å²) in [6.45, 7) is 7.80. The van der Waals surface area contributed by atoms with E-state index in [0.717, 1.165) is 50.7 Å². The molecule has 1 aromatic rings. The molecule has 0 aromatic heterocycles. The van der Waals surface area contributed by atoms with Crippen molar-refractivity contribution in [3.8, 4) is 0 Å². The van der Waals surface area contributed by atoms with Crippen LogP contribution < -0.4 is 10.2 Å². The molecular weight excluding hydrogens is 310 g/mol. The van der Waals surface area contributed by atoms with Crippen LogP contribution in [0.4, 0.5) is 11.4 Å². The van der Waals surface area contributed by atoms with Crippen molar-refractivity contribution in [2.45, 2.75) is 51.9 Å². The minimum absolute atomic E-state index is 0.162. The zero-order chi connectivity index (χ0) is 17.5. The first-order valence-corrected chi connectivity index (χ1v) is 10.1. The standard InChI is InChI=1S/C21H33N3O/c1-2-23-14-16-24(17-15-23)20-11-9-19(10-12-20)22-21(25)13-8-18-6-4-3-5-7-18/h9-12,18H,2-8,13-17H2,1H3,(H,22,25). The molecule has 138 valence electrons. The maximum atomic E-state index is 12.2. The molecule has 2 aliphatic rings. The van der Waals surface area contributed by atoms with Gasteiger partial charge in [0.25, 0.3) is 0 Å². The highest BCUT2D eigenvalue weighted by Gasteiger charge is 2.16. The van der Waals surface area contributed by atoms with Gasteiger partial charge in [-0.1, -0.05) is 39.0 Å². The third-order valence-corrected chi connectivity index (χ3v) is 5.84. The van der Waals surface area contributed by atoms with Crippen LogP contribution in [0.3, 0.4) is 0 Å². The Hall–Kier alpha value is -1.55. The Morgan fingerprint density at radius 2 is 1.72 bits per heavy atom. The second-order valence-corrected chi connectivity index (χ2v) is 7.56. The number of hydrogen-bond donors (Lipinski definition) is 1. The minimum atomic E-state index is 0.162. The topological polar surface area (TPSA) is 35.6 Å². The van der Waals surface area contributed by atoms with Crippen LogP contribution in [-0.4, -0.2) is 43.5 Å². The average molecular weight is 344 g/mol. The molecule has 25 heavy (non-hydrogen) atoms. The maximum Gasteiger partial charge on any atom is 0.224 e. The van der Waals surface area contributed by atoms with Crippen molar-refractivity contribution in [2.24, 2.45) is 5.92 Å². The SMILES string of the molecule is CCN1CCN(c2ccc(NC(=O)CCC3CCCCC3)cc2)CC1. The zero-order valence-electron chi connectivity index (χ0n) is 15.7. The van der Waals surface area contributed by atoms with Crippen LogP contribution in [0.2, 0.25) is 0 Å². The van der Waals surface area contributed by atoms with Gasteiger partial charge in [-0.15, -0.1) is 0 Å². The van der Waals surface area contributed by atoms with Crippen LogP contribution in [0, 0.1) is 5.92 Å². The van der Waals surface area contributed by atoms with E-state index in [1.54, 1.807) is 0 Å². The fourth-order valence-electron chi connectivity index (χ4n) is 4.11. The predicted molar refractivity (Wildman–Crippen MR) is 105 cm³/mol. The average Bonchev–Trinajstić information content (AvgIpc) is 2.68. The number of amides is 1. The molecule has 2 fully saturated rings. The van der Waals surface area contributed by atoms with E-state index in [9.17, 15) is 4.79 Å². The van der Waals surface area contributed by atoms with E-state index < -0.39 is 0 Å². The molecule has 0 atom stereocenters. The summed E-state index contributed by atoms with van der Waals surface area (Å²) in [5, 5.41) is 3.06. The molecule has 4 heteroatoms. The number of carbonyl (C=O) groups is 1. The second-order valence-electron chi connectivity index (χ2n) is 7.56. The number of hydrogen-bond acceptors (Lipinski definition) is 3. The van der Waals surface area contributed by atoms with Crippen LogP contribution in [0.1, 0.15) is 51.9 Å². The maximum absolute atomic E-state index is 12.2. The lowest BCUT2D eigenvalue weighted by Gasteiger charge is -2.35. The van der Waals surface area contributed by atoms with E-state index in [-0.39, 0.29) is 5.91 Å². The van der Waals surface area contributed by atoms with E-state index in [1.807, 2.05) is 12.1 Å². The smallest absolute Gasteiger partial charge is 0.224 e. The monoisotopic (exact) mass is 343 g/mol. The van der Waals surface area contributed by atoms with Gasteiger partial charge in [-0.3, -0.25) is 4.79 Å². The van der Waals surface area contributed by atoms with Gasteiger partial charge >= 0.3 is 0 Å². The molecule has 1 aliphatic carbocycles. The van der Waals surface area contributed by atoms with Crippen LogP contribution >= 0.6 is 0 Å². The molecule has 0 bridgehead atoms. The van der Waals surface area contributed by atoms with E-state index >= 15 is 0 Å². The van der Waals surface area contributed by atoms with Crippen molar-refractivity contribution in [3.05, 3.63) is 24.3 Å². The van der Waals surface area contributed by atoms with E-state index in [2.05, 4.69) is 34.2 Å². The summed E-state index contributed by atoms with van der Waals surface area (Å²) in [5.74, 6) is 0.929. The number of nitrogens with zero attached hydrogens (tertiary/aromatic N) is 2. The van der Waals surface area contributed by atoms with Gasteiger partial charge in [0.15, 0.2) is 0 Å². The van der Waals surface area contributed by atoms with E-state index in [4.69, 9.17) is 0 Å². The summed E-state index contributed by atoms with van der Waals surface area (Å²) in [4.78, 5) is 17.1. The van der Waals surface area contributed by atoms with Gasteiger partial charge in [0, 0.05) is 44.0 Å². The number of nitrogens with one attached hydrogen (secondary N) is 1. The predicted octanol–water partition coefficient (Wildman–Crippen LogP) is 4.13. The van der Waals surface area contributed by atoms with Gasteiger partial charge in [0.05, 0.1) is 0 Å². The fourth-order valence-corrected chi connectivity index (χ4v) is 4.11. The van der Waals surface area contributed by atoms with Gasteiger partial charge in [-0.25, -0.2) is 0 Å². The molecule has 1 saturated carbocycles. The van der Waals surface area contributed by atoms with Crippen LogP contribution in [0.25, 0.3) is 0 Å². The van der Waals surface area contributed by atoms with Gasteiger partial charge in [0.2, 0.25) is 5.91 Å². The van der Waals surface area contributed by atoms with Crippen LogP contribution in [-0.2, 0) is 4.79 Å². The highest BCUT2D eigenvalue weighted by atomic mass is 16.1. The first-order chi connectivity index (χ1) is 12.2. The quantitative estimate of drug-likeness (QED) is 0.844. The number of piperazine rings is 1. The molecule has 1 saturated heterocycles. The van der Waals surface area contributed by atoms with Crippen LogP contribution in [0.15, 0.2) is 24.3 Å². The molecule has 0 unspecified atom stereocenters. The number of anilines is 2. The van der Waals surface area contributed by atoms with Crippen molar-refractivity contribution in [1.82, 2.24) is 4.90 Å². The van der Waals surface area contributed by atoms with E-state index in [0.29, 0.717) is 6.42 Å². The molecule has 1 aromatic carbocycles. The lowest BCUT2D eigenvalue weighted by Crippen LogP contribution is -2.46. The Labute approximate surface area is 152 Å². The largest absolute Gasteiger partial charge is 0.369 e. The first kappa shape index (κ1) is 18.2. The van der Waals surface area contributed by atoms with Crippen molar-refractivity contribution in [3.63, 3.8) is 0 Å². The summed E-state index contributed by atoms with van der Waals surface area (Å²) >= 11 is 0. The summed E-state index contributed by atoms with van der Waals surface area (Å²) in [6.07, 6.45) is 8.40. The summed E-state index contributed by atoms with van der Waals surface area (Å²) in [7, 11) is 0. The van der Waals surface area contributed by atoms with Crippen molar-refractivity contribution < 1.29 is 4.79 Å². The van der Waals surface area contributed by atoms with Crippen molar-refractivity contribution in [2.75, 3.05) is 42.9 Å². The Kier molecular flexibility index (Phi) is 6.74. The molecular formula is C21H33N3O. The third-order valence-electron chi connectivity index (χ3n) is 5.84. The molecule has 0 radical (unpaired) electrons. The molecule has 1 aliphatic heterocycles. The molecule has 4 nitrogen and oxygen atoms in total. The second kappa shape index (κ2) is 9.23. The Morgan fingerprint density at radius 3 is 2.36 bits per heavy atom. The highest BCUT2D eigenvalue weighted by Crippen LogP contribution is 2.27. The molecule has 1 heterocycles. The molecule has 3 rings (SSSR count). The van der Waals surface area contributed by atoms with E-state index in [1.165, 1.54) is 37.8 Å². The van der Waals surface area contributed by atoms with Crippen molar-refractivity contribution in [1.29, 1.82) is 0 Å². The Bertz CT molecular complexity index is 529. The number of likely N-dealkylation sites (N-methyl/N-ethyl adjacent to an activating group) is 1. The lowest BCUT2D eigenvalue weighted by atomic mass is 9.86. The Morgan fingerprint density at radius 1 is 1.04 bits per heavy atom. The molecule has 1 N–H and O–H groups in total. The van der Waals surface area contributed by atoms with Crippen molar-refractivity contribution >= 4 is 17.3 Å². The minimum Gasteiger partial charge on any atom is -0.369 e. The van der Waals surface area contributed by atoms with Gasteiger partial charge in [-0.05, 0) is 43.1 Å². The van der Waals surface area contributed by atoms with Gasteiger partial charge in [0.1, 0.15) is 0 Å². The number of carbonyl (C=O) groups excluding carboxylic acids is 1. The number of benzene rings is 1. The number of rotatable bonds is 6. The summed E-state index contributed by atoms with van der Waals surface area (Å²) in [6, 6.07) is 8.36. The normalized spacial score (nSPS) is 19.8. The highest BCUT2D eigenvalue weighted by molar-refractivity contribution is 5.90. The fraction of sp³-hybridized carbons (Fsp3) is 0.667. The molecule has 1 amide bonds. The molecule has 0 spiro atoms. The van der Waals surface area contributed by atoms with Gasteiger partial charge in [-0.2, -0.15) is 0 Å². The zero-order valence-corrected chi connectivity index (χ0v) is 15.7. The first-order valence-electron chi connectivity index (χ1n) is 10.1. The van der Waals surface area contributed by atoms with Crippen LogP contribution in [0.5, 0.6) is 0 Å². The van der Waals surface area contributed by atoms with Gasteiger partial charge < -0.3 is 15.1 Å². The summed E-state index contributed by atoms with van der Waals surface area (Å²) < 4.78 is 0. The lowest BCUT2D eigenvalue weighted by molar-refractivity contribution is -0.116.